The Bertz CT molecular complexity index is 2250. The Morgan fingerprint density at radius 3 is 1.68 bits per heavy atom. The fourth-order valence-electron chi connectivity index (χ4n) is 8.35. The summed E-state index contributed by atoms with van der Waals surface area (Å²) < 4.78 is 0. The molecule has 0 atom stereocenters. The SMILES string of the molecule is CC1(C)c2ccc(-c3ccccc3)cc2-c2ccc(Nc3cccc(C4(c5ccccc5)c5ccccc5-c5ccccc54)c3)cc21. The molecule has 2 aliphatic rings. The van der Waals surface area contributed by atoms with Crippen LogP contribution in [0.15, 0.2) is 170 Å². The Hall–Kier alpha value is -5.66. The van der Waals surface area contributed by atoms with Gasteiger partial charge in [-0.15, -0.1) is 0 Å². The zero-order valence-electron chi connectivity index (χ0n) is 26.7. The Morgan fingerprint density at radius 1 is 0.362 bits per heavy atom. The van der Waals surface area contributed by atoms with Gasteiger partial charge in [-0.25, -0.2) is 0 Å². The zero-order valence-corrected chi connectivity index (χ0v) is 26.7. The summed E-state index contributed by atoms with van der Waals surface area (Å²) in [6, 6.07) is 62.4. The van der Waals surface area contributed by atoms with Crippen LogP contribution in [0.3, 0.4) is 0 Å². The molecule has 0 fully saturated rings. The lowest BCUT2D eigenvalue weighted by molar-refractivity contribution is 0.660. The molecule has 9 rings (SSSR count). The van der Waals surface area contributed by atoms with E-state index in [1.54, 1.807) is 0 Å². The monoisotopic (exact) mass is 601 g/mol. The van der Waals surface area contributed by atoms with Crippen LogP contribution in [0.5, 0.6) is 0 Å². The molecule has 0 aromatic heterocycles. The van der Waals surface area contributed by atoms with Crippen LogP contribution in [-0.4, -0.2) is 0 Å². The van der Waals surface area contributed by atoms with Gasteiger partial charge in [0.2, 0.25) is 0 Å². The summed E-state index contributed by atoms with van der Waals surface area (Å²) >= 11 is 0. The lowest BCUT2D eigenvalue weighted by atomic mass is 9.67. The normalized spacial score (nSPS) is 14.5. The minimum absolute atomic E-state index is 0.0892. The first-order valence-corrected chi connectivity index (χ1v) is 16.5. The minimum atomic E-state index is -0.413. The first kappa shape index (κ1) is 27.6. The molecule has 2 aliphatic carbocycles. The highest BCUT2D eigenvalue weighted by Gasteiger charge is 2.46. The zero-order chi connectivity index (χ0) is 31.6. The fourth-order valence-corrected chi connectivity index (χ4v) is 8.35. The number of hydrogen-bond donors (Lipinski definition) is 1. The van der Waals surface area contributed by atoms with Gasteiger partial charge in [0.05, 0.1) is 5.41 Å². The first-order valence-electron chi connectivity index (χ1n) is 16.5. The Labute approximate surface area is 277 Å². The molecule has 0 heterocycles. The molecule has 0 amide bonds. The molecular formula is C46H35N. The van der Waals surface area contributed by atoms with Gasteiger partial charge in [0.25, 0.3) is 0 Å². The van der Waals surface area contributed by atoms with Gasteiger partial charge >= 0.3 is 0 Å². The predicted octanol–water partition coefficient (Wildman–Crippen LogP) is 11.8. The van der Waals surface area contributed by atoms with E-state index in [0.717, 1.165) is 11.4 Å². The van der Waals surface area contributed by atoms with Crippen LogP contribution in [0.1, 0.15) is 47.2 Å². The lowest BCUT2D eigenvalue weighted by Gasteiger charge is -2.34. The van der Waals surface area contributed by atoms with Crippen molar-refractivity contribution in [3.63, 3.8) is 0 Å². The number of anilines is 2. The highest BCUT2D eigenvalue weighted by molar-refractivity contribution is 5.88. The number of rotatable bonds is 5. The van der Waals surface area contributed by atoms with E-state index in [1.807, 2.05) is 0 Å². The van der Waals surface area contributed by atoms with Gasteiger partial charge in [0.15, 0.2) is 0 Å². The van der Waals surface area contributed by atoms with Gasteiger partial charge in [0.1, 0.15) is 0 Å². The molecule has 0 unspecified atom stereocenters. The second-order valence-corrected chi connectivity index (χ2v) is 13.4. The van der Waals surface area contributed by atoms with Crippen LogP contribution in [0.25, 0.3) is 33.4 Å². The van der Waals surface area contributed by atoms with Crippen molar-refractivity contribution in [3.05, 3.63) is 203 Å². The van der Waals surface area contributed by atoms with Crippen molar-refractivity contribution in [1.82, 2.24) is 0 Å². The molecule has 7 aromatic rings. The van der Waals surface area contributed by atoms with Crippen molar-refractivity contribution in [1.29, 1.82) is 0 Å². The van der Waals surface area contributed by atoms with Crippen molar-refractivity contribution >= 4 is 11.4 Å². The average Bonchev–Trinajstić information content (AvgIpc) is 3.55. The van der Waals surface area contributed by atoms with E-state index < -0.39 is 5.41 Å². The van der Waals surface area contributed by atoms with Crippen molar-refractivity contribution in [3.8, 4) is 33.4 Å². The highest BCUT2D eigenvalue weighted by atomic mass is 14.9. The summed E-state index contributed by atoms with van der Waals surface area (Å²) in [4.78, 5) is 0. The van der Waals surface area contributed by atoms with E-state index in [9.17, 15) is 0 Å². The molecule has 1 N–H and O–H groups in total. The Kier molecular flexibility index (Phi) is 6.14. The first-order chi connectivity index (χ1) is 23.0. The third kappa shape index (κ3) is 4.09. The van der Waals surface area contributed by atoms with E-state index in [4.69, 9.17) is 0 Å². The smallest absolute Gasteiger partial charge is 0.0714 e. The minimum Gasteiger partial charge on any atom is -0.356 e. The maximum atomic E-state index is 3.82. The van der Waals surface area contributed by atoms with Gasteiger partial charge in [-0.3, -0.25) is 0 Å². The van der Waals surface area contributed by atoms with Gasteiger partial charge in [0, 0.05) is 16.8 Å². The quantitative estimate of drug-likeness (QED) is 0.207. The number of nitrogens with one attached hydrogen (secondary N) is 1. The summed E-state index contributed by atoms with van der Waals surface area (Å²) in [5.74, 6) is 0. The molecule has 224 valence electrons. The summed E-state index contributed by atoms with van der Waals surface area (Å²) in [5, 5.41) is 3.82. The van der Waals surface area contributed by atoms with E-state index in [1.165, 1.54) is 66.8 Å². The average molecular weight is 602 g/mol. The summed E-state index contributed by atoms with van der Waals surface area (Å²) in [5.41, 5.74) is 17.4. The predicted molar refractivity (Wildman–Crippen MR) is 196 cm³/mol. The second-order valence-electron chi connectivity index (χ2n) is 13.4. The summed E-state index contributed by atoms with van der Waals surface area (Å²) in [7, 11) is 0. The van der Waals surface area contributed by atoms with Gasteiger partial charge < -0.3 is 5.32 Å². The van der Waals surface area contributed by atoms with Crippen LogP contribution >= 0.6 is 0 Å². The van der Waals surface area contributed by atoms with E-state index >= 15 is 0 Å². The lowest BCUT2D eigenvalue weighted by Crippen LogP contribution is -2.28. The molecule has 7 aromatic carbocycles. The van der Waals surface area contributed by atoms with Gasteiger partial charge in [-0.2, -0.15) is 0 Å². The van der Waals surface area contributed by atoms with E-state index in [0.29, 0.717) is 0 Å². The van der Waals surface area contributed by atoms with Crippen molar-refractivity contribution in [2.45, 2.75) is 24.7 Å². The molecule has 1 heteroatoms. The standard InChI is InChI=1S/C46H35N/c1-45(2)41-27-24-32(31-14-5-3-6-15-31)28-40(41)39-26-25-36(30-44(39)45)47-35-19-13-18-34(29-35)46(33-16-7-4-8-17-33)42-22-11-9-20-37(42)38-21-10-12-23-43(38)46/h3-30,47H,1-2H3. The highest BCUT2D eigenvalue weighted by Crippen LogP contribution is 2.56. The molecule has 0 saturated carbocycles. The third-order valence-corrected chi connectivity index (χ3v) is 10.5. The molecule has 0 saturated heterocycles. The Morgan fingerprint density at radius 2 is 0.957 bits per heavy atom. The van der Waals surface area contributed by atoms with Gasteiger partial charge in [-0.1, -0.05) is 153 Å². The number of benzene rings is 7. The topological polar surface area (TPSA) is 12.0 Å². The maximum Gasteiger partial charge on any atom is 0.0714 e. The summed E-state index contributed by atoms with van der Waals surface area (Å²) in [6.45, 7) is 4.70. The van der Waals surface area contributed by atoms with Crippen LogP contribution < -0.4 is 5.32 Å². The summed E-state index contributed by atoms with van der Waals surface area (Å²) in [6.07, 6.45) is 0. The third-order valence-electron chi connectivity index (χ3n) is 10.5. The van der Waals surface area contributed by atoms with Gasteiger partial charge in [-0.05, 0) is 97.1 Å². The van der Waals surface area contributed by atoms with Crippen LogP contribution in [0, 0.1) is 0 Å². The molecule has 0 bridgehead atoms. The fraction of sp³-hybridized carbons (Fsp3) is 0.0870. The van der Waals surface area contributed by atoms with Crippen LogP contribution in [0.4, 0.5) is 11.4 Å². The van der Waals surface area contributed by atoms with Crippen LogP contribution in [0.2, 0.25) is 0 Å². The molecular weight excluding hydrogens is 567 g/mol. The molecule has 47 heavy (non-hydrogen) atoms. The second kappa shape index (κ2) is 10.4. The Balaban J connectivity index is 1.14. The molecule has 0 spiro atoms. The number of hydrogen-bond acceptors (Lipinski definition) is 1. The van der Waals surface area contributed by atoms with Crippen molar-refractivity contribution in [2.75, 3.05) is 5.32 Å². The van der Waals surface area contributed by atoms with Crippen LogP contribution in [-0.2, 0) is 10.8 Å². The van der Waals surface area contributed by atoms with E-state index in [-0.39, 0.29) is 5.41 Å². The number of fused-ring (bicyclic) bond motifs is 6. The molecule has 0 radical (unpaired) electrons. The maximum absolute atomic E-state index is 3.82. The van der Waals surface area contributed by atoms with Crippen molar-refractivity contribution < 1.29 is 0 Å². The van der Waals surface area contributed by atoms with Crippen molar-refractivity contribution in [2.24, 2.45) is 0 Å². The van der Waals surface area contributed by atoms with E-state index in [2.05, 4.69) is 189 Å². The molecule has 1 nitrogen and oxygen atoms in total. The largest absolute Gasteiger partial charge is 0.356 e. The molecule has 0 aliphatic heterocycles.